The Morgan fingerprint density at radius 3 is 2.21 bits per heavy atom. The summed E-state index contributed by atoms with van der Waals surface area (Å²) in [6.45, 7) is 17.7. The highest BCUT2D eigenvalue weighted by Crippen LogP contribution is 2.43. The van der Waals surface area contributed by atoms with E-state index in [1.165, 1.54) is 10.9 Å². The molecule has 1 unspecified atom stereocenters. The number of carbonyl (C=O) groups is 1. The second-order valence-electron chi connectivity index (χ2n) is 12.5. The third-order valence-corrected chi connectivity index (χ3v) is 8.11. The van der Waals surface area contributed by atoms with Crippen LogP contribution in [-0.2, 0) is 26.5 Å². The van der Waals surface area contributed by atoms with E-state index in [2.05, 4.69) is 44.5 Å². The van der Waals surface area contributed by atoms with Gasteiger partial charge in [0, 0.05) is 16.6 Å². The summed E-state index contributed by atoms with van der Waals surface area (Å²) >= 11 is 0. The number of ether oxygens (including phenoxy) is 1. The lowest BCUT2D eigenvalue weighted by molar-refractivity contribution is -0.148. The number of esters is 1. The summed E-state index contributed by atoms with van der Waals surface area (Å²) in [4.78, 5) is 13.8. The first kappa shape index (κ1) is 33.1. The van der Waals surface area contributed by atoms with Crippen LogP contribution in [-0.4, -0.2) is 32.2 Å². The van der Waals surface area contributed by atoms with Gasteiger partial charge in [0.1, 0.15) is 28.6 Å². The summed E-state index contributed by atoms with van der Waals surface area (Å²) in [7, 11) is 0. The highest BCUT2D eigenvalue weighted by molar-refractivity contribution is 5.87. The van der Waals surface area contributed by atoms with E-state index in [-0.39, 0.29) is 22.5 Å². The SMILES string of the molecule is C=C(C)C(=O)OC(CCCC)C(C)(C)c1cc(-n2nc3ccc(C(F)(F)F)cc3n2)c(O)c(C(C)(C)CCCCC)c1. The van der Waals surface area contributed by atoms with Crippen LogP contribution >= 0.6 is 0 Å². The van der Waals surface area contributed by atoms with Crippen molar-refractivity contribution in [2.45, 2.75) is 117 Å². The molecule has 6 nitrogen and oxygen atoms in total. The molecule has 230 valence electrons. The average molecular weight is 588 g/mol. The molecule has 0 radical (unpaired) electrons. The number of carbonyl (C=O) groups excluding carboxylic acids is 1. The Morgan fingerprint density at radius 2 is 1.62 bits per heavy atom. The third-order valence-electron chi connectivity index (χ3n) is 8.11. The number of aromatic hydroxyl groups is 1. The van der Waals surface area contributed by atoms with Gasteiger partial charge in [-0.25, -0.2) is 4.79 Å². The number of aromatic nitrogens is 3. The summed E-state index contributed by atoms with van der Waals surface area (Å²) in [6, 6.07) is 6.91. The molecule has 0 amide bonds. The van der Waals surface area contributed by atoms with Crippen molar-refractivity contribution < 1.29 is 27.8 Å². The Kier molecular flexibility index (Phi) is 10.2. The number of unbranched alkanes of at least 4 members (excludes halogenated alkanes) is 3. The van der Waals surface area contributed by atoms with Gasteiger partial charge in [0.25, 0.3) is 0 Å². The lowest BCUT2D eigenvalue weighted by Gasteiger charge is -2.36. The third kappa shape index (κ3) is 7.34. The van der Waals surface area contributed by atoms with E-state index in [9.17, 15) is 23.1 Å². The number of hydrogen-bond donors (Lipinski definition) is 1. The number of phenols is 1. The molecule has 0 bridgehead atoms. The van der Waals surface area contributed by atoms with Crippen LogP contribution in [0.2, 0.25) is 0 Å². The molecule has 3 aromatic rings. The number of halogens is 3. The molecule has 0 aliphatic heterocycles. The first-order valence-electron chi connectivity index (χ1n) is 14.7. The van der Waals surface area contributed by atoms with Crippen LogP contribution in [0.1, 0.15) is 110 Å². The standard InChI is InChI=1S/C33H44F3N3O3/c1-9-11-13-17-31(5,6)24-18-23(32(7,8)28(14-12-10-2)42-30(41)21(3)4)20-27(29(24)40)39-37-25-16-15-22(33(34,35)36)19-26(25)38-39/h15-16,18-20,28,40H,3,9-14,17H2,1-2,4-8H3. The smallest absolute Gasteiger partial charge is 0.416 e. The Balaban J connectivity index is 2.24. The molecule has 2 aromatic carbocycles. The average Bonchev–Trinajstić information content (AvgIpc) is 3.33. The molecule has 1 atom stereocenters. The molecule has 0 aliphatic rings. The predicted molar refractivity (Wildman–Crippen MR) is 160 cm³/mol. The minimum atomic E-state index is -4.52. The maximum Gasteiger partial charge on any atom is 0.416 e. The highest BCUT2D eigenvalue weighted by atomic mass is 19.4. The van der Waals surface area contributed by atoms with Crippen molar-refractivity contribution >= 4 is 17.0 Å². The van der Waals surface area contributed by atoms with Gasteiger partial charge in [-0.15, -0.1) is 15.0 Å². The van der Waals surface area contributed by atoms with E-state index in [0.29, 0.717) is 17.6 Å². The molecule has 0 spiro atoms. The summed E-state index contributed by atoms with van der Waals surface area (Å²) in [5.74, 6) is -0.500. The second kappa shape index (κ2) is 12.9. The van der Waals surface area contributed by atoms with Gasteiger partial charge >= 0.3 is 12.1 Å². The zero-order chi connectivity index (χ0) is 31.5. The van der Waals surface area contributed by atoms with Crippen molar-refractivity contribution in [3.05, 3.63) is 59.2 Å². The van der Waals surface area contributed by atoms with Crippen LogP contribution in [0.3, 0.4) is 0 Å². The molecular formula is C33H44F3N3O3. The van der Waals surface area contributed by atoms with Crippen molar-refractivity contribution in [3.8, 4) is 11.4 Å². The molecule has 42 heavy (non-hydrogen) atoms. The van der Waals surface area contributed by atoms with Crippen LogP contribution in [0, 0.1) is 0 Å². The molecule has 3 rings (SSSR count). The van der Waals surface area contributed by atoms with Gasteiger partial charge in [-0.3, -0.25) is 0 Å². The Labute approximate surface area is 247 Å². The minimum absolute atomic E-state index is 0.0311. The molecule has 1 heterocycles. The molecule has 9 heteroatoms. The van der Waals surface area contributed by atoms with Gasteiger partial charge < -0.3 is 9.84 Å². The van der Waals surface area contributed by atoms with Crippen LogP contribution in [0.25, 0.3) is 16.7 Å². The van der Waals surface area contributed by atoms with E-state index in [0.717, 1.165) is 56.2 Å². The molecule has 0 saturated heterocycles. The molecule has 1 aromatic heterocycles. The fourth-order valence-corrected chi connectivity index (χ4v) is 5.18. The van der Waals surface area contributed by atoms with Crippen LogP contribution in [0.15, 0.2) is 42.5 Å². The summed E-state index contributed by atoms with van der Waals surface area (Å²) in [6.07, 6.45) is 1.24. The van der Waals surface area contributed by atoms with Crippen LogP contribution in [0.4, 0.5) is 13.2 Å². The summed E-state index contributed by atoms with van der Waals surface area (Å²) in [5.41, 5.74) is 0.402. The van der Waals surface area contributed by atoms with Gasteiger partial charge in [-0.05, 0) is 55.0 Å². The van der Waals surface area contributed by atoms with Gasteiger partial charge in [0.15, 0.2) is 0 Å². The van der Waals surface area contributed by atoms with Crippen molar-refractivity contribution in [1.29, 1.82) is 0 Å². The zero-order valence-corrected chi connectivity index (χ0v) is 25.9. The van der Waals surface area contributed by atoms with E-state index < -0.39 is 34.6 Å². The molecular weight excluding hydrogens is 543 g/mol. The van der Waals surface area contributed by atoms with Gasteiger partial charge in [-0.2, -0.15) is 13.2 Å². The number of benzene rings is 2. The molecule has 0 saturated carbocycles. The number of nitrogens with zero attached hydrogens (tertiary/aromatic N) is 3. The lowest BCUT2D eigenvalue weighted by atomic mass is 9.73. The summed E-state index contributed by atoms with van der Waals surface area (Å²) in [5, 5.41) is 20.4. The first-order chi connectivity index (χ1) is 19.5. The van der Waals surface area contributed by atoms with E-state index >= 15 is 0 Å². The van der Waals surface area contributed by atoms with E-state index in [4.69, 9.17) is 4.74 Å². The van der Waals surface area contributed by atoms with Crippen LogP contribution < -0.4 is 0 Å². The molecule has 0 aliphatic carbocycles. The Bertz CT molecular complexity index is 1420. The lowest BCUT2D eigenvalue weighted by Crippen LogP contribution is -2.38. The van der Waals surface area contributed by atoms with E-state index in [1.54, 1.807) is 13.0 Å². The van der Waals surface area contributed by atoms with Gasteiger partial charge in [0.05, 0.1) is 5.56 Å². The fourth-order valence-electron chi connectivity index (χ4n) is 5.18. The van der Waals surface area contributed by atoms with Gasteiger partial charge in [0.2, 0.25) is 0 Å². The van der Waals surface area contributed by atoms with Crippen molar-refractivity contribution in [3.63, 3.8) is 0 Å². The van der Waals surface area contributed by atoms with Gasteiger partial charge in [-0.1, -0.05) is 86.3 Å². The summed E-state index contributed by atoms with van der Waals surface area (Å²) < 4.78 is 46.1. The van der Waals surface area contributed by atoms with Crippen molar-refractivity contribution in [2.24, 2.45) is 0 Å². The molecule has 1 N–H and O–H groups in total. The number of alkyl halides is 3. The monoisotopic (exact) mass is 587 g/mol. The maximum absolute atomic E-state index is 13.4. The van der Waals surface area contributed by atoms with Crippen molar-refractivity contribution in [1.82, 2.24) is 15.0 Å². The number of rotatable bonds is 13. The fraction of sp³-hybridized carbons (Fsp3) is 0.545. The largest absolute Gasteiger partial charge is 0.505 e. The van der Waals surface area contributed by atoms with E-state index in [1.807, 2.05) is 19.9 Å². The van der Waals surface area contributed by atoms with Crippen molar-refractivity contribution in [2.75, 3.05) is 0 Å². The molecule has 0 fully saturated rings. The normalized spacial score (nSPS) is 13.4. The zero-order valence-electron chi connectivity index (χ0n) is 25.9. The first-order valence-corrected chi connectivity index (χ1v) is 14.7. The maximum atomic E-state index is 13.4. The highest BCUT2D eigenvalue weighted by Gasteiger charge is 2.37. The Morgan fingerprint density at radius 1 is 0.976 bits per heavy atom. The quantitative estimate of drug-likeness (QED) is 0.123. The number of phenolic OH excluding ortho intramolecular Hbond substituents is 1. The van der Waals surface area contributed by atoms with Crippen LogP contribution in [0.5, 0.6) is 5.75 Å². The topological polar surface area (TPSA) is 77.2 Å². The second-order valence-corrected chi connectivity index (χ2v) is 12.5. The predicted octanol–water partition coefficient (Wildman–Crippen LogP) is 8.96. The Hall–Kier alpha value is -3.36. The number of hydrogen-bond acceptors (Lipinski definition) is 5. The number of fused-ring (bicyclic) bond motifs is 1. The minimum Gasteiger partial charge on any atom is -0.505 e.